The first-order valence-electron chi connectivity index (χ1n) is 11.6. The molecule has 0 aliphatic carbocycles. The van der Waals surface area contributed by atoms with Crippen LogP contribution in [-0.2, 0) is 14.2 Å². The largest absolute Gasteiger partial charge is 0.394 e. The van der Waals surface area contributed by atoms with Crippen molar-refractivity contribution in [1.82, 2.24) is 0 Å². The lowest BCUT2D eigenvalue weighted by Crippen LogP contribution is -2.64. The predicted molar refractivity (Wildman–Crippen MR) is 117 cm³/mol. The Morgan fingerprint density at radius 1 is 0.688 bits per heavy atom. The number of aliphatic hydroxyl groups excluding tert-OH is 7. The van der Waals surface area contributed by atoms with Crippen molar-refractivity contribution in [3.05, 3.63) is 0 Å². The van der Waals surface area contributed by atoms with E-state index >= 15 is 0 Å². The number of hydrogen-bond acceptors (Lipinski definition) is 11. The Hall–Kier alpha value is -0.0500. The van der Waals surface area contributed by atoms with Gasteiger partial charge in [0.25, 0.3) is 0 Å². The molecule has 0 aromatic rings. The molecule has 2 aliphatic heterocycles. The van der Waals surface area contributed by atoms with Crippen molar-refractivity contribution in [3.63, 3.8) is 0 Å². The Bertz CT molecular complexity index is 511. The first-order chi connectivity index (χ1) is 15.3. The summed E-state index contributed by atoms with van der Waals surface area (Å²) in [7, 11) is 0. The molecule has 0 amide bonds. The summed E-state index contributed by atoms with van der Waals surface area (Å²) in [5.74, 6) is 0.735. The van der Waals surface area contributed by atoms with Gasteiger partial charge in [0.15, 0.2) is 6.29 Å². The van der Waals surface area contributed by atoms with E-state index in [0.29, 0.717) is 0 Å². The SMILES string of the molecule is CCCCCCCCCS[C@@H]1OC(CO)[C@H](O[C@@H]2OC(CO)[C@@H](O)[C@@H](O)C2O)[C@@H](O)C1O. The second-order valence-electron chi connectivity index (χ2n) is 8.50. The van der Waals surface area contributed by atoms with Crippen LogP contribution in [0.4, 0.5) is 0 Å². The molecule has 190 valence electrons. The molecule has 0 spiro atoms. The van der Waals surface area contributed by atoms with E-state index in [1.54, 1.807) is 0 Å². The zero-order chi connectivity index (χ0) is 23.7. The van der Waals surface area contributed by atoms with Crippen molar-refractivity contribution < 1.29 is 50.0 Å². The molecule has 2 aliphatic rings. The molecule has 0 saturated carbocycles. The van der Waals surface area contributed by atoms with Crippen LogP contribution in [0.3, 0.4) is 0 Å². The zero-order valence-corrected chi connectivity index (χ0v) is 19.4. The van der Waals surface area contributed by atoms with Gasteiger partial charge >= 0.3 is 0 Å². The highest BCUT2D eigenvalue weighted by molar-refractivity contribution is 7.99. The Morgan fingerprint density at radius 2 is 1.31 bits per heavy atom. The topological polar surface area (TPSA) is 169 Å². The van der Waals surface area contributed by atoms with Gasteiger partial charge in [0.05, 0.1) is 13.2 Å². The molecule has 32 heavy (non-hydrogen) atoms. The third-order valence-electron chi connectivity index (χ3n) is 5.99. The van der Waals surface area contributed by atoms with Crippen molar-refractivity contribution in [2.24, 2.45) is 0 Å². The second-order valence-corrected chi connectivity index (χ2v) is 9.70. The number of hydrogen-bond donors (Lipinski definition) is 7. The maximum Gasteiger partial charge on any atom is 0.187 e. The smallest absolute Gasteiger partial charge is 0.187 e. The molecule has 2 fully saturated rings. The van der Waals surface area contributed by atoms with E-state index in [4.69, 9.17) is 14.2 Å². The predicted octanol–water partition coefficient (Wildman–Crippen LogP) is -0.906. The van der Waals surface area contributed by atoms with Gasteiger partial charge in [-0.2, -0.15) is 0 Å². The molecule has 10 atom stereocenters. The molecule has 4 unspecified atom stereocenters. The van der Waals surface area contributed by atoms with E-state index < -0.39 is 73.8 Å². The molecule has 2 rings (SSSR count). The van der Waals surface area contributed by atoms with E-state index in [0.717, 1.165) is 25.0 Å². The lowest BCUT2D eigenvalue weighted by atomic mass is 9.97. The minimum Gasteiger partial charge on any atom is -0.394 e. The quantitative estimate of drug-likeness (QED) is 0.162. The van der Waals surface area contributed by atoms with Crippen LogP contribution in [0, 0.1) is 0 Å². The summed E-state index contributed by atoms with van der Waals surface area (Å²) in [5, 5.41) is 70.1. The average molecular weight is 485 g/mol. The van der Waals surface area contributed by atoms with Gasteiger partial charge in [0.1, 0.15) is 54.3 Å². The zero-order valence-electron chi connectivity index (χ0n) is 18.6. The number of unbranched alkanes of at least 4 members (excludes halogenated alkanes) is 6. The van der Waals surface area contributed by atoms with Crippen LogP contribution in [0.1, 0.15) is 51.9 Å². The van der Waals surface area contributed by atoms with Crippen molar-refractivity contribution in [2.45, 2.75) is 112 Å². The standard InChI is InChI=1S/C21H40O10S/c1-2-3-4-5-6-7-8-9-32-21-18(28)16(26)19(13(11-23)30-21)31-20-17(27)15(25)14(24)12(10-22)29-20/h12-28H,2-11H2,1H3/t12?,13?,14-,15-,16+,17?,18?,19+,20+,21+/m1/s1. The minimum absolute atomic E-state index is 0.514. The molecule has 2 heterocycles. The molecule has 0 aromatic heterocycles. The monoisotopic (exact) mass is 484 g/mol. The maximum atomic E-state index is 10.6. The summed E-state index contributed by atoms with van der Waals surface area (Å²) < 4.78 is 16.6. The van der Waals surface area contributed by atoms with Crippen LogP contribution in [0.2, 0.25) is 0 Å². The van der Waals surface area contributed by atoms with E-state index in [2.05, 4.69) is 6.92 Å². The van der Waals surface area contributed by atoms with Crippen molar-refractivity contribution in [3.8, 4) is 0 Å². The number of ether oxygens (including phenoxy) is 3. The number of rotatable bonds is 13. The van der Waals surface area contributed by atoms with Crippen LogP contribution in [-0.4, -0.2) is 115 Å². The first kappa shape index (κ1) is 28.2. The summed E-state index contributed by atoms with van der Waals surface area (Å²) in [6.07, 6.45) is -4.45. The Balaban J connectivity index is 1.86. The van der Waals surface area contributed by atoms with Crippen molar-refractivity contribution in [1.29, 1.82) is 0 Å². The molecule has 0 aromatic carbocycles. The molecular weight excluding hydrogens is 444 g/mol. The Kier molecular flexibility index (Phi) is 12.7. The second kappa shape index (κ2) is 14.4. The maximum absolute atomic E-state index is 10.6. The van der Waals surface area contributed by atoms with Gasteiger partial charge in [-0.25, -0.2) is 0 Å². The van der Waals surface area contributed by atoms with Crippen LogP contribution >= 0.6 is 11.8 Å². The van der Waals surface area contributed by atoms with Gasteiger partial charge in [0.2, 0.25) is 0 Å². The molecule has 10 nitrogen and oxygen atoms in total. The molecule has 0 radical (unpaired) electrons. The normalized spacial score (nSPS) is 40.5. The fraction of sp³-hybridized carbons (Fsp3) is 1.00. The average Bonchev–Trinajstić information content (AvgIpc) is 2.79. The third-order valence-corrected chi connectivity index (χ3v) is 7.23. The van der Waals surface area contributed by atoms with Crippen LogP contribution in [0.15, 0.2) is 0 Å². The van der Waals surface area contributed by atoms with E-state index in [1.807, 2.05) is 0 Å². The highest BCUT2D eigenvalue weighted by Crippen LogP contribution is 2.33. The minimum atomic E-state index is -1.67. The number of thioether (sulfide) groups is 1. The van der Waals surface area contributed by atoms with Crippen LogP contribution < -0.4 is 0 Å². The molecule has 0 bridgehead atoms. The van der Waals surface area contributed by atoms with Crippen molar-refractivity contribution in [2.75, 3.05) is 19.0 Å². The Morgan fingerprint density at radius 3 is 1.94 bits per heavy atom. The van der Waals surface area contributed by atoms with Gasteiger partial charge in [-0.3, -0.25) is 0 Å². The summed E-state index contributed by atoms with van der Waals surface area (Å²) in [4.78, 5) is 0. The third kappa shape index (κ3) is 7.47. The fourth-order valence-corrected chi connectivity index (χ4v) is 5.13. The highest BCUT2D eigenvalue weighted by Gasteiger charge is 2.50. The summed E-state index contributed by atoms with van der Waals surface area (Å²) in [5.41, 5.74) is -0.753. The van der Waals surface area contributed by atoms with Gasteiger partial charge in [0, 0.05) is 0 Å². The van der Waals surface area contributed by atoms with E-state index in [1.165, 1.54) is 37.4 Å². The van der Waals surface area contributed by atoms with Crippen LogP contribution in [0.25, 0.3) is 0 Å². The molecular formula is C21H40O10S. The van der Waals surface area contributed by atoms with Crippen LogP contribution in [0.5, 0.6) is 0 Å². The van der Waals surface area contributed by atoms with Gasteiger partial charge in [-0.05, 0) is 12.2 Å². The summed E-state index contributed by atoms with van der Waals surface area (Å²) in [6.45, 7) is 1.04. The van der Waals surface area contributed by atoms with Crippen molar-refractivity contribution >= 4 is 11.8 Å². The molecule has 7 N–H and O–H groups in total. The summed E-state index contributed by atoms with van der Waals surface area (Å²) in [6, 6.07) is 0. The lowest BCUT2D eigenvalue weighted by molar-refractivity contribution is -0.338. The van der Waals surface area contributed by atoms with E-state index in [-0.39, 0.29) is 0 Å². The van der Waals surface area contributed by atoms with Gasteiger partial charge in [-0.15, -0.1) is 11.8 Å². The summed E-state index contributed by atoms with van der Waals surface area (Å²) >= 11 is 1.36. The Labute approximate surface area is 193 Å². The first-order valence-corrected chi connectivity index (χ1v) is 12.6. The van der Waals surface area contributed by atoms with E-state index in [9.17, 15) is 35.7 Å². The fourth-order valence-electron chi connectivity index (χ4n) is 3.95. The number of aliphatic hydroxyl groups is 7. The van der Waals surface area contributed by atoms with Gasteiger partial charge in [-0.1, -0.05) is 45.4 Å². The molecule has 2 saturated heterocycles. The highest BCUT2D eigenvalue weighted by atomic mass is 32.2. The lowest BCUT2D eigenvalue weighted by Gasteiger charge is -2.46. The van der Waals surface area contributed by atoms with Gasteiger partial charge < -0.3 is 50.0 Å². The molecule has 11 heteroatoms.